The van der Waals surface area contributed by atoms with Crippen LogP contribution in [0.1, 0.15) is 29.0 Å². The van der Waals surface area contributed by atoms with Gasteiger partial charge in [-0.1, -0.05) is 78.9 Å². The zero-order chi connectivity index (χ0) is 21.5. The average Bonchev–Trinajstić information content (AvgIpc) is 3.12. The van der Waals surface area contributed by atoms with Crippen molar-refractivity contribution >= 4 is 6.09 Å². The molecule has 3 aromatic rings. The normalized spacial score (nSPS) is 13.3. The van der Waals surface area contributed by atoms with E-state index in [0.29, 0.717) is 19.6 Å². The molecular formula is C26H27NO4. The van der Waals surface area contributed by atoms with Crippen molar-refractivity contribution in [3.63, 3.8) is 0 Å². The van der Waals surface area contributed by atoms with Crippen molar-refractivity contribution in [1.29, 1.82) is 0 Å². The molecule has 0 radical (unpaired) electrons. The molecule has 1 amide bonds. The van der Waals surface area contributed by atoms with Crippen LogP contribution in [0.4, 0.5) is 4.79 Å². The van der Waals surface area contributed by atoms with Gasteiger partial charge in [0.2, 0.25) is 0 Å². The number of hydrogen-bond acceptors (Lipinski definition) is 4. The highest BCUT2D eigenvalue weighted by atomic mass is 16.5. The number of aliphatic hydroxyl groups excluding tert-OH is 1. The quantitative estimate of drug-likeness (QED) is 0.538. The lowest BCUT2D eigenvalue weighted by molar-refractivity contribution is 0.0246. The topological polar surface area (TPSA) is 67.8 Å². The number of amides is 1. The molecule has 0 spiro atoms. The summed E-state index contributed by atoms with van der Waals surface area (Å²) in [7, 11) is 0. The Morgan fingerprint density at radius 2 is 1.52 bits per heavy atom. The number of aliphatic hydroxyl groups is 1. The molecule has 1 aliphatic rings. The van der Waals surface area contributed by atoms with E-state index in [-0.39, 0.29) is 19.1 Å². The van der Waals surface area contributed by atoms with Crippen LogP contribution in [-0.4, -0.2) is 37.1 Å². The molecule has 0 saturated heterocycles. The van der Waals surface area contributed by atoms with E-state index in [0.717, 1.165) is 5.56 Å². The van der Waals surface area contributed by atoms with Gasteiger partial charge in [-0.3, -0.25) is 0 Å². The molecule has 31 heavy (non-hydrogen) atoms. The van der Waals surface area contributed by atoms with Crippen LogP contribution in [0.5, 0.6) is 0 Å². The fraction of sp³-hybridized carbons (Fsp3) is 0.269. The van der Waals surface area contributed by atoms with Crippen LogP contribution in [0.25, 0.3) is 11.1 Å². The average molecular weight is 418 g/mol. The number of hydrogen-bond donors (Lipinski definition) is 2. The second-order valence-corrected chi connectivity index (χ2v) is 7.70. The Morgan fingerprint density at radius 1 is 0.903 bits per heavy atom. The Hall–Kier alpha value is -3.15. The summed E-state index contributed by atoms with van der Waals surface area (Å²) < 4.78 is 11.0. The summed E-state index contributed by atoms with van der Waals surface area (Å²) in [5.41, 5.74) is 5.83. The summed E-state index contributed by atoms with van der Waals surface area (Å²) in [5, 5.41) is 12.8. The minimum absolute atomic E-state index is 0.0372. The predicted molar refractivity (Wildman–Crippen MR) is 120 cm³/mol. The highest BCUT2D eigenvalue weighted by molar-refractivity contribution is 5.79. The Bertz CT molecular complexity index is 960. The summed E-state index contributed by atoms with van der Waals surface area (Å²) in [6, 6.07) is 26.3. The molecule has 0 bridgehead atoms. The van der Waals surface area contributed by atoms with Crippen LogP contribution in [0.15, 0.2) is 78.9 Å². The highest BCUT2D eigenvalue weighted by Crippen LogP contribution is 2.44. The first-order valence-corrected chi connectivity index (χ1v) is 10.6. The number of carbonyl (C=O) groups excluding carboxylic acids is 1. The van der Waals surface area contributed by atoms with E-state index in [2.05, 4.69) is 29.6 Å². The van der Waals surface area contributed by atoms with Crippen LogP contribution in [0.2, 0.25) is 0 Å². The third kappa shape index (κ3) is 5.32. The molecule has 1 atom stereocenters. The van der Waals surface area contributed by atoms with Gasteiger partial charge in [-0.25, -0.2) is 4.79 Å². The van der Waals surface area contributed by atoms with E-state index >= 15 is 0 Å². The van der Waals surface area contributed by atoms with Crippen molar-refractivity contribution in [1.82, 2.24) is 5.32 Å². The number of fused-ring (bicyclic) bond motifs is 3. The Morgan fingerprint density at radius 3 is 2.19 bits per heavy atom. The molecule has 160 valence electrons. The third-order valence-corrected chi connectivity index (χ3v) is 5.51. The van der Waals surface area contributed by atoms with E-state index in [9.17, 15) is 9.90 Å². The SMILES string of the molecule is O=C(NCC[C@@H](O)COCc1ccccc1)OCC1c2ccccc2-c2ccccc21. The summed E-state index contributed by atoms with van der Waals surface area (Å²) in [4.78, 5) is 12.2. The molecule has 2 N–H and O–H groups in total. The standard InChI is InChI=1S/C26H27NO4/c28-20(17-30-16-19-8-2-1-3-9-19)14-15-27-26(29)31-18-25-23-12-6-4-10-21(23)22-11-5-7-13-24(22)25/h1-13,20,25,28H,14-18H2,(H,27,29)/t20-/m1/s1. The molecule has 1 aliphatic carbocycles. The minimum atomic E-state index is -0.641. The summed E-state index contributed by atoms with van der Waals surface area (Å²) in [6.07, 6.45) is -0.712. The Labute approximate surface area is 182 Å². The van der Waals surface area contributed by atoms with E-state index in [1.807, 2.05) is 54.6 Å². The maximum atomic E-state index is 12.2. The summed E-state index contributed by atoms with van der Waals surface area (Å²) in [6.45, 7) is 1.29. The monoisotopic (exact) mass is 417 g/mol. The van der Waals surface area contributed by atoms with Gasteiger partial charge in [-0.15, -0.1) is 0 Å². The summed E-state index contributed by atoms with van der Waals surface area (Å²) >= 11 is 0. The van der Waals surface area contributed by atoms with Gasteiger partial charge in [0.15, 0.2) is 0 Å². The third-order valence-electron chi connectivity index (χ3n) is 5.51. The number of nitrogens with one attached hydrogen (secondary N) is 1. The van der Waals surface area contributed by atoms with Gasteiger partial charge in [0.05, 0.1) is 19.3 Å². The second-order valence-electron chi connectivity index (χ2n) is 7.70. The fourth-order valence-electron chi connectivity index (χ4n) is 3.96. The number of benzene rings is 3. The maximum Gasteiger partial charge on any atom is 0.407 e. The van der Waals surface area contributed by atoms with Gasteiger partial charge in [0, 0.05) is 12.5 Å². The predicted octanol–water partition coefficient (Wildman–Crippen LogP) is 4.49. The maximum absolute atomic E-state index is 12.2. The molecule has 5 nitrogen and oxygen atoms in total. The van der Waals surface area contributed by atoms with Gasteiger partial charge in [-0.2, -0.15) is 0 Å². The molecule has 0 heterocycles. The van der Waals surface area contributed by atoms with Crippen molar-refractivity contribution in [3.8, 4) is 11.1 Å². The van der Waals surface area contributed by atoms with Crippen LogP contribution in [-0.2, 0) is 16.1 Å². The molecule has 3 aromatic carbocycles. The minimum Gasteiger partial charge on any atom is -0.449 e. The van der Waals surface area contributed by atoms with Crippen molar-refractivity contribution in [2.24, 2.45) is 0 Å². The zero-order valence-electron chi connectivity index (χ0n) is 17.4. The molecule has 4 rings (SSSR count). The lowest BCUT2D eigenvalue weighted by Crippen LogP contribution is -2.30. The van der Waals surface area contributed by atoms with E-state index in [1.54, 1.807) is 0 Å². The fourth-order valence-corrected chi connectivity index (χ4v) is 3.96. The Kier molecular flexibility index (Phi) is 6.97. The van der Waals surface area contributed by atoms with Crippen LogP contribution < -0.4 is 5.32 Å². The zero-order valence-corrected chi connectivity index (χ0v) is 17.4. The molecule has 5 heteroatoms. The molecule has 0 saturated carbocycles. The van der Waals surface area contributed by atoms with Crippen molar-refractivity contribution < 1.29 is 19.4 Å². The largest absolute Gasteiger partial charge is 0.449 e. The van der Waals surface area contributed by atoms with E-state index in [1.165, 1.54) is 22.3 Å². The van der Waals surface area contributed by atoms with Crippen molar-refractivity contribution in [2.45, 2.75) is 25.0 Å². The molecule has 0 aromatic heterocycles. The van der Waals surface area contributed by atoms with Gasteiger partial charge in [-0.05, 0) is 34.2 Å². The lowest BCUT2D eigenvalue weighted by Gasteiger charge is -2.15. The van der Waals surface area contributed by atoms with Gasteiger partial charge in [0.25, 0.3) is 0 Å². The number of rotatable bonds is 9. The van der Waals surface area contributed by atoms with Crippen LogP contribution in [0, 0.1) is 0 Å². The van der Waals surface area contributed by atoms with E-state index in [4.69, 9.17) is 9.47 Å². The molecule has 0 unspecified atom stereocenters. The first-order chi connectivity index (χ1) is 15.2. The first kappa shape index (κ1) is 21.1. The van der Waals surface area contributed by atoms with Gasteiger partial charge < -0.3 is 19.9 Å². The Balaban J connectivity index is 1.19. The van der Waals surface area contributed by atoms with Crippen LogP contribution in [0.3, 0.4) is 0 Å². The summed E-state index contributed by atoms with van der Waals surface area (Å²) in [5.74, 6) is 0.0372. The van der Waals surface area contributed by atoms with Crippen molar-refractivity contribution in [3.05, 3.63) is 95.6 Å². The van der Waals surface area contributed by atoms with Crippen molar-refractivity contribution in [2.75, 3.05) is 19.8 Å². The van der Waals surface area contributed by atoms with E-state index < -0.39 is 12.2 Å². The number of carbonyl (C=O) groups is 1. The number of alkyl carbamates (subject to hydrolysis) is 1. The molecule has 0 fully saturated rings. The van der Waals surface area contributed by atoms with Gasteiger partial charge >= 0.3 is 6.09 Å². The molecular weight excluding hydrogens is 390 g/mol. The first-order valence-electron chi connectivity index (χ1n) is 10.6. The second kappa shape index (κ2) is 10.2. The molecule has 0 aliphatic heterocycles. The highest BCUT2D eigenvalue weighted by Gasteiger charge is 2.28. The van der Waals surface area contributed by atoms with Crippen LogP contribution >= 0.6 is 0 Å². The van der Waals surface area contributed by atoms with Gasteiger partial charge in [0.1, 0.15) is 6.61 Å². The lowest BCUT2D eigenvalue weighted by atomic mass is 9.98. The smallest absolute Gasteiger partial charge is 0.407 e. The number of ether oxygens (including phenoxy) is 2.